The van der Waals surface area contributed by atoms with E-state index in [2.05, 4.69) is 16.7 Å². The van der Waals surface area contributed by atoms with Crippen molar-refractivity contribution < 1.29 is 23.5 Å². The van der Waals surface area contributed by atoms with Gasteiger partial charge in [0.2, 0.25) is 17.2 Å². The highest BCUT2D eigenvalue weighted by molar-refractivity contribution is 7.76. The zero-order valence-electron chi connectivity index (χ0n) is 20.3. The van der Waals surface area contributed by atoms with E-state index in [1.807, 2.05) is 48.5 Å². The smallest absolute Gasteiger partial charge is 0.305 e. The predicted octanol–water partition coefficient (Wildman–Crippen LogP) is 2.68. The van der Waals surface area contributed by atoms with Crippen LogP contribution in [-0.2, 0) is 16.1 Å². The third-order valence-corrected chi connectivity index (χ3v) is 7.18. The second-order valence-electron chi connectivity index (χ2n) is 8.82. The molecule has 192 valence electrons. The number of carboxylic acid groups (broad SMARTS) is 1. The zero-order chi connectivity index (χ0) is 26.5. The van der Waals surface area contributed by atoms with E-state index in [1.54, 1.807) is 24.1 Å². The molecule has 3 aromatic rings. The Labute approximate surface area is 217 Å². The maximum atomic E-state index is 11.8. The van der Waals surface area contributed by atoms with Crippen molar-refractivity contribution in [1.82, 2.24) is 9.42 Å². The van der Waals surface area contributed by atoms with Crippen LogP contribution in [0.25, 0.3) is 10.8 Å². The van der Waals surface area contributed by atoms with Crippen molar-refractivity contribution in [1.29, 1.82) is 0 Å². The largest absolute Gasteiger partial charge is 0.481 e. The first-order chi connectivity index (χ1) is 17.7. The van der Waals surface area contributed by atoms with Gasteiger partial charge in [0.1, 0.15) is 0 Å². The van der Waals surface area contributed by atoms with Crippen molar-refractivity contribution in [3.05, 3.63) is 77.4 Å². The number of hydrogen-bond donors (Lipinski definition) is 3. The number of fused-ring (bicyclic) bond motifs is 1. The van der Waals surface area contributed by atoms with Gasteiger partial charge in [-0.1, -0.05) is 30.0 Å². The number of rotatable bonds is 7. The molecule has 1 aliphatic heterocycles. The van der Waals surface area contributed by atoms with Gasteiger partial charge >= 0.3 is 5.97 Å². The summed E-state index contributed by atoms with van der Waals surface area (Å²) in [4.78, 5) is 25.0. The lowest BCUT2D eigenvalue weighted by molar-refractivity contribution is -0.139. The van der Waals surface area contributed by atoms with Crippen molar-refractivity contribution in [2.75, 3.05) is 31.1 Å². The Bertz CT molecular complexity index is 1390. The lowest BCUT2D eigenvalue weighted by Gasteiger charge is -2.41. The van der Waals surface area contributed by atoms with Crippen LogP contribution in [0, 0.1) is 11.8 Å². The van der Waals surface area contributed by atoms with Crippen LogP contribution in [0.1, 0.15) is 34.8 Å². The summed E-state index contributed by atoms with van der Waals surface area (Å²) in [6.07, 6.45) is -0.222. The summed E-state index contributed by atoms with van der Waals surface area (Å²) in [6, 6.07) is 18.4. The van der Waals surface area contributed by atoms with E-state index < -0.39 is 29.2 Å². The van der Waals surface area contributed by atoms with E-state index in [1.165, 1.54) is 4.41 Å². The van der Waals surface area contributed by atoms with Gasteiger partial charge in [-0.15, -0.1) is 4.41 Å². The molecule has 1 heterocycles. The lowest BCUT2D eigenvalue weighted by Crippen LogP contribution is -2.57. The van der Waals surface area contributed by atoms with E-state index >= 15 is 0 Å². The first-order valence-electron chi connectivity index (χ1n) is 11.8. The summed E-state index contributed by atoms with van der Waals surface area (Å²) in [5.41, 5.74) is 8.61. The minimum absolute atomic E-state index is 0.222. The number of nitrogens with zero attached hydrogens (tertiary/aromatic N) is 3. The lowest BCUT2D eigenvalue weighted by atomic mass is 10.0. The van der Waals surface area contributed by atoms with Crippen LogP contribution in [0.4, 0.5) is 5.69 Å². The molecular weight excluding hydrogens is 492 g/mol. The third-order valence-electron chi connectivity index (χ3n) is 6.27. The van der Waals surface area contributed by atoms with Gasteiger partial charge in [-0.3, -0.25) is 14.1 Å². The molecule has 3 aromatic carbocycles. The number of hydrogen-bond acceptors (Lipinski definition) is 5. The Balaban J connectivity index is 1.42. The average Bonchev–Trinajstić information content (AvgIpc) is 2.87. The molecule has 2 unspecified atom stereocenters. The number of anilines is 1. The van der Waals surface area contributed by atoms with Crippen LogP contribution in [0.3, 0.4) is 0 Å². The molecule has 10 heteroatoms. The number of benzene rings is 3. The van der Waals surface area contributed by atoms with Crippen LogP contribution >= 0.6 is 0 Å². The molecule has 0 radical (unpaired) electrons. The number of primary amides is 1. The molecule has 4 rings (SSSR count). The molecule has 0 bridgehead atoms. The maximum Gasteiger partial charge on any atom is 0.305 e. The fourth-order valence-electron chi connectivity index (χ4n) is 4.48. The number of piperazine rings is 1. The van der Waals surface area contributed by atoms with Gasteiger partial charge in [-0.05, 0) is 60.2 Å². The highest BCUT2D eigenvalue weighted by Crippen LogP contribution is 2.22. The Kier molecular flexibility index (Phi) is 8.21. The molecule has 0 saturated carbocycles. The number of nitrogens with two attached hydrogens (primary N) is 1. The standard InChI is InChI=1S/C27H28N4O5S/c1-19(17-26(32)33)31(37(35)36)30-15-13-29(14-16-30)23-11-8-20(9-12-23)5-6-21-7-10-22-3-2-4-24(27(28)34)25(22)18-21/h2-4,7-12,18-19H,13-17H2,1H3,(H2,28,34)(H,32,33)(H,35,36). The molecule has 1 fully saturated rings. The highest BCUT2D eigenvalue weighted by atomic mass is 32.2. The van der Waals surface area contributed by atoms with Crippen molar-refractivity contribution in [2.24, 2.45) is 5.73 Å². The van der Waals surface area contributed by atoms with E-state index in [9.17, 15) is 18.4 Å². The number of amides is 1. The van der Waals surface area contributed by atoms with E-state index in [0.29, 0.717) is 31.7 Å². The molecule has 9 nitrogen and oxygen atoms in total. The van der Waals surface area contributed by atoms with Gasteiger partial charge in [0, 0.05) is 54.6 Å². The summed E-state index contributed by atoms with van der Waals surface area (Å²) in [5, 5.41) is 12.5. The summed E-state index contributed by atoms with van der Waals surface area (Å²) in [6.45, 7) is 3.86. The first-order valence-corrected chi connectivity index (χ1v) is 12.9. The Morgan fingerprint density at radius 1 is 1.03 bits per heavy atom. The quantitative estimate of drug-likeness (QED) is 0.323. The number of carbonyl (C=O) groups is 2. The Hall–Kier alpha value is -3.75. The monoisotopic (exact) mass is 520 g/mol. The fourth-order valence-corrected chi connectivity index (χ4v) is 5.22. The van der Waals surface area contributed by atoms with Gasteiger partial charge in [0.05, 0.1) is 6.42 Å². The summed E-state index contributed by atoms with van der Waals surface area (Å²) in [7, 11) is 0. The number of carboxylic acids is 1. The molecule has 1 saturated heterocycles. The van der Waals surface area contributed by atoms with Gasteiger partial charge < -0.3 is 15.7 Å². The van der Waals surface area contributed by atoms with E-state index in [4.69, 9.17) is 10.8 Å². The number of hydrazine groups is 1. The number of aliphatic carboxylic acids is 1. The van der Waals surface area contributed by atoms with Crippen LogP contribution in [0.15, 0.2) is 60.7 Å². The van der Waals surface area contributed by atoms with Gasteiger partial charge in [-0.25, -0.2) is 9.22 Å². The van der Waals surface area contributed by atoms with Gasteiger partial charge in [0.15, 0.2) is 0 Å². The average molecular weight is 521 g/mol. The summed E-state index contributed by atoms with van der Waals surface area (Å²) < 4.78 is 22.8. The zero-order valence-corrected chi connectivity index (χ0v) is 21.1. The molecule has 0 aromatic heterocycles. The van der Waals surface area contributed by atoms with Crippen LogP contribution < -0.4 is 10.6 Å². The minimum Gasteiger partial charge on any atom is -0.481 e. The van der Waals surface area contributed by atoms with Crippen molar-refractivity contribution in [2.45, 2.75) is 19.4 Å². The molecule has 4 N–H and O–H groups in total. The Morgan fingerprint density at radius 3 is 2.30 bits per heavy atom. The normalized spacial score (nSPS) is 15.7. The van der Waals surface area contributed by atoms with Crippen LogP contribution in [0.5, 0.6) is 0 Å². The number of carbonyl (C=O) groups excluding carboxylic acids is 1. The minimum atomic E-state index is -2.30. The van der Waals surface area contributed by atoms with Gasteiger partial charge in [0.25, 0.3) is 0 Å². The SMILES string of the molecule is CC(CC(=O)O)N(N1CCN(c2ccc(C#Cc3ccc4cccc(C(N)=O)c4c3)cc2)CC1)S(=O)O. The first kappa shape index (κ1) is 26.3. The predicted molar refractivity (Wildman–Crippen MR) is 143 cm³/mol. The molecule has 0 aliphatic carbocycles. The fraction of sp³-hybridized carbons (Fsp3) is 0.259. The molecule has 37 heavy (non-hydrogen) atoms. The maximum absolute atomic E-state index is 11.8. The van der Waals surface area contributed by atoms with E-state index in [-0.39, 0.29) is 6.42 Å². The molecule has 1 amide bonds. The van der Waals surface area contributed by atoms with Crippen molar-refractivity contribution >= 4 is 39.6 Å². The summed E-state index contributed by atoms with van der Waals surface area (Å²) >= 11 is -2.30. The second-order valence-corrected chi connectivity index (χ2v) is 9.66. The topological polar surface area (TPSA) is 127 Å². The van der Waals surface area contributed by atoms with Crippen LogP contribution in [0.2, 0.25) is 0 Å². The van der Waals surface area contributed by atoms with Crippen LogP contribution in [-0.4, -0.2) is 67.4 Å². The molecule has 1 aliphatic rings. The Morgan fingerprint density at radius 2 is 1.68 bits per heavy atom. The van der Waals surface area contributed by atoms with E-state index in [0.717, 1.165) is 27.6 Å². The summed E-state index contributed by atoms with van der Waals surface area (Å²) in [5.74, 6) is 4.82. The second kappa shape index (κ2) is 11.5. The third kappa shape index (κ3) is 6.34. The van der Waals surface area contributed by atoms with Gasteiger partial charge in [-0.2, -0.15) is 0 Å². The molecule has 0 spiro atoms. The van der Waals surface area contributed by atoms with Crippen molar-refractivity contribution in [3.8, 4) is 11.8 Å². The molecule has 2 atom stereocenters. The molecular formula is C27H28N4O5S. The highest BCUT2D eigenvalue weighted by Gasteiger charge is 2.30. The van der Waals surface area contributed by atoms with Crippen molar-refractivity contribution in [3.63, 3.8) is 0 Å².